The van der Waals surface area contributed by atoms with E-state index in [1.165, 1.54) is 6.33 Å². The first-order valence-corrected chi connectivity index (χ1v) is 7.49. The fourth-order valence-corrected chi connectivity index (χ4v) is 2.33. The molecule has 1 aromatic heterocycles. The molecule has 0 atom stereocenters. The van der Waals surface area contributed by atoms with Crippen molar-refractivity contribution in [2.75, 3.05) is 5.32 Å². The smallest absolute Gasteiger partial charge is 0.224 e. The minimum Gasteiger partial charge on any atom is -0.324 e. The Morgan fingerprint density at radius 1 is 1.17 bits per heavy atom. The Balaban J connectivity index is 1.64. The molecule has 2 aromatic carbocycles. The van der Waals surface area contributed by atoms with E-state index in [1.807, 2.05) is 36.4 Å². The van der Waals surface area contributed by atoms with Crippen LogP contribution in [0.5, 0.6) is 0 Å². The summed E-state index contributed by atoms with van der Waals surface area (Å²) >= 11 is 0. The molecular weight excluding hydrogens is 302 g/mol. The van der Waals surface area contributed by atoms with Crippen molar-refractivity contribution in [2.24, 2.45) is 0 Å². The van der Waals surface area contributed by atoms with Crippen LogP contribution in [0.1, 0.15) is 17.5 Å². The van der Waals surface area contributed by atoms with E-state index in [9.17, 15) is 4.79 Å². The highest BCUT2D eigenvalue weighted by Crippen LogP contribution is 2.19. The van der Waals surface area contributed by atoms with Gasteiger partial charge in [-0.05, 0) is 36.2 Å². The van der Waals surface area contributed by atoms with Gasteiger partial charge in [0.15, 0.2) is 0 Å². The number of benzene rings is 2. The quantitative estimate of drug-likeness (QED) is 0.784. The molecule has 118 valence electrons. The molecule has 3 rings (SSSR count). The van der Waals surface area contributed by atoms with Crippen molar-refractivity contribution in [3.8, 4) is 11.8 Å². The number of amides is 1. The summed E-state index contributed by atoms with van der Waals surface area (Å²) in [6.07, 6.45) is 4.01. The zero-order valence-electron chi connectivity index (χ0n) is 12.9. The lowest BCUT2D eigenvalue weighted by Gasteiger charge is -2.10. The second kappa shape index (κ2) is 7.20. The van der Waals surface area contributed by atoms with Gasteiger partial charge in [0, 0.05) is 6.42 Å². The maximum Gasteiger partial charge on any atom is 0.224 e. The summed E-state index contributed by atoms with van der Waals surface area (Å²) in [6.45, 7) is 0. The maximum absolute atomic E-state index is 12.2. The molecule has 0 aliphatic rings. The molecule has 6 nitrogen and oxygen atoms in total. The summed E-state index contributed by atoms with van der Waals surface area (Å²) in [5.74, 6) is -0.0769. The number of rotatable bonds is 5. The Hall–Kier alpha value is -3.46. The van der Waals surface area contributed by atoms with Gasteiger partial charge >= 0.3 is 0 Å². The first-order chi connectivity index (χ1) is 11.8. The standard InChI is InChI=1S/C18H15N5O/c19-11-15-7-5-14(6-8-15)9-10-18(24)22-16-3-1-2-4-17(16)23-13-20-12-21-23/h1-8,12-13H,9-10H2,(H,22,24). The Bertz CT molecular complexity index is 863. The summed E-state index contributed by atoms with van der Waals surface area (Å²) in [4.78, 5) is 16.1. The fraction of sp³-hybridized carbons (Fsp3) is 0.111. The van der Waals surface area contributed by atoms with E-state index in [0.29, 0.717) is 24.1 Å². The van der Waals surface area contributed by atoms with Crippen molar-refractivity contribution in [2.45, 2.75) is 12.8 Å². The van der Waals surface area contributed by atoms with Crippen LogP contribution in [0, 0.1) is 11.3 Å². The van der Waals surface area contributed by atoms with Crippen molar-refractivity contribution in [3.05, 3.63) is 72.3 Å². The van der Waals surface area contributed by atoms with Gasteiger partial charge in [0.1, 0.15) is 12.7 Å². The van der Waals surface area contributed by atoms with E-state index in [-0.39, 0.29) is 5.91 Å². The highest BCUT2D eigenvalue weighted by Gasteiger charge is 2.08. The molecule has 24 heavy (non-hydrogen) atoms. The summed E-state index contributed by atoms with van der Waals surface area (Å²) < 4.78 is 1.61. The molecule has 0 fully saturated rings. The van der Waals surface area contributed by atoms with E-state index in [2.05, 4.69) is 21.5 Å². The fourth-order valence-electron chi connectivity index (χ4n) is 2.33. The third kappa shape index (κ3) is 3.65. The SMILES string of the molecule is N#Cc1ccc(CCC(=O)Nc2ccccc2-n2cncn2)cc1. The number of nitrogens with one attached hydrogen (secondary N) is 1. The Kier molecular flexibility index (Phi) is 4.63. The second-order valence-corrected chi connectivity index (χ2v) is 5.21. The van der Waals surface area contributed by atoms with Crippen molar-refractivity contribution in [1.29, 1.82) is 5.26 Å². The van der Waals surface area contributed by atoms with Crippen LogP contribution in [0.4, 0.5) is 5.69 Å². The highest BCUT2D eigenvalue weighted by atomic mass is 16.1. The third-order valence-electron chi connectivity index (χ3n) is 3.57. The average Bonchev–Trinajstić information content (AvgIpc) is 3.15. The van der Waals surface area contributed by atoms with Crippen molar-refractivity contribution >= 4 is 11.6 Å². The van der Waals surface area contributed by atoms with Crippen molar-refractivity contribution < 1.29 is 4.79 Å². The molecule has 0 radical (unpaired) electrons. The number of para-hydroxylation sites is 2. The van der Waals surface area contributed by atoms with E-state index >= 15 is 0 Å². The van der Waals surface area contributed by atoms with Crippen LogP contribution in [0.3, 0.4) is 0 Å². The van der Waals surface area contributed by atoms with E-state index in [1.54, 1.807) is 23.1 Å². The van der Waals surface area contributed by atoms with E-state index in [4.69, 9.17) is 5.26 Å². The number of hydrogen-bond acceptors (Lipinski definition) is 4. The van der Waals surface area contributed by atoms with Crippen LogP contribution in [0.25, 0.3) is 5.69 Å². The maximum atomic E-state index is 12.2. The lowest BCUT2D eigenvalue weighted by Crippen LogP contribution is -2.14. The van der Waals surface area contributed by atoms with Gasteiger partial charge < -0.3 is 5.32 Å². The molecule has 0 aliphatic carbocycles. The first-order valence-electron chi connectivity index (χ1n) is 7.49. The number of nitriles is 1. The van der Waals surface area contributed by atoms with Gasteiger partial charge in [0.2, 0.25) is 5.91 Å². The second-order valence-electron chi connectivity index (χ2n) is 5.21. The summed E-state index contributed by atoms with van der Waals surface area (Å²) in [7, 11) is 0. The third-order valence-corrected chi connectivity index (χ3v) is 3.57. The van der Waals surface area contributed by atoms with E-state index < -0.39 is 0 Å². The molecule has 6 heteroatoms. The predicted molar refractivity (Wildman–Crippen MR) is 89.5 cm³/mol. The normalized spacial score (nSPS) is 10.1. The van der Waals surface area contributed by atoms with Crippen molar-refractivity contribution in [1.82, 2.24) is 14.8 Å². The number of anilines is 1. The van der Waals surface area contributed by atoms with Gasteiger partial charge in [-0.15, -0.1) is 0 Å². The predicted octanol–water partition coefficient (Wildman–Crippen LogP) is 2.71. The molecule has 3 aromatic rings. The van der Waals surface area contributed by atoms with Gasteiger partial charge in [-0.1, -0.05) is 24.3 Å². The van der Waals surface area contributed by atoms with E-state index in [0.717, 1.165) is 11.3 Å². The van der Waals surface area contributed by atoms with Crippen LogP contribution in [0.2, 0.25) is 0 Å². The molecule has 0 unspecified atom stereocenters. The highest BCUT2D eigenvalue weighted by molar-refractivity contribution is 5.92. The Morgan fingerprint density at radius 3 is 2.67 bits per heavy atom. The van der Waals surface area contributed by atoms with Crippen LogP contribution < -0.4 is 5.32 Å². The first kappa shape index (κ1) is 15.4. The van der Waals surface area contributed by atoms with Crippen LogP contribution in [-0.2, 0) is 11.2 Å². The number of hydrogen-bond donors (Lipinski definition) is 1. The minimum atomic E-state index is -0.0769. The van der Waals surface area contributed by atoms with Gasteiger partial charge in [-0.3, -0.25) is 4.79 Å². The minimum absolute atomic E-state index is 0.0769. The zero-order valence-corrected chi connectivity index (χ0v) is 12.9. The molecule has 1 heterocycles. The molecule has 0 bridgehead atoms. The Morgan fingerprint density at radius 2 is 1.96 bits per heavy atom. The summed E-state index contributed by atoms with van der Waals surface area (Å²) in [5.41, 5.74) is 3.09. The summed E-state index contributed by atoms with van der Waals surface area (Å²) in [5, 5.41) is 15.8. The summed E-state index contributed by atoms with van der Waals surface area (Å²) in [6, 6.07) is 16.8. The van der Waals surface area contributed by atoms with Crippen LogP contribution >= 0.6 is 0 Å². The molecular formula is C18H15N5O. The number of carbonyl (C=O) groups excluding carboxylic acids is 1. The number of nitrogens with zero attached hydrogens (tertiary/aromatic N) is 4. The van der Waals surface area contributed by atoms with Gasteiger partial charge in [-0.2, -0.15) is 10.4 Å². The Labute approximate surface area is 139 Å². The number of carbonyl (C=O) groups is 1. The molecule has 0 saturated carbocycles. The topological polar surface area (TPSA) is 83.6 Å². The van der Waals surface area contributed by atoms with Crippen molar-refractivity contribution in [3.63, 3.8) is 0 Å². The number of aryl methyl sites for hydroxylation is 1. The lowest BCUT2D eigenvalue weighted by atomic mass is 10.1. The van der Waals surface area contributed by atoms with Gasteiger partial charge in [-0.25, -0.2) is 9.67 Å². The van der Waals surface area contributed by atoms with Crippen LogP contribution in [0.15, 0.2) is 61.2 Å². The van der Waals surface area contributed by atoms with Gasteiger partial charge in [0.25, 0.3) is 0 Å². The molecule has 1 amide bonds. The molecule has 1 N–H and O–H groups in total. The monoisotopic (exact) mass is 317 g/mol. The average molecular weight is 317 g/mol. The zero-order chi connectivity index (χ0) is 16.8. The largest absolute Gasteiger partial charge is 0.324 e. The molecule has 0 aliphatic heterocycles. The van der Waals surface area contributed by atoms with Crippen LogP contribution in [-0.4, -0.2) is 20.7 Å². The molecule has 0 saturated heterocycles. The lowest BCUT2D eigenvalue weighted by molar-refractivity contribution is -0.116. The van der Waals surface area contributed by atoms with Gasteiger partial charge in [0.05, 0.1) is 23.0 Å². The molecule has 0 spiro atoms. The number of aromatic nitrogens is 3.